The first-order chi connectivity index (χ1) is 12.2. The van der Waals surface area contributed by atoms with Crippen LogP contribution in [-0.4, -0.2) is 43.2 Å². The summed E-state index contributed by atoms with van der Waals surface area (Å²) in [5.74, 6) is 1.05. The zero-order valence-electron chi connectivity index (χ0n) is 14.4. The molecule has 0 saturated carbocycles. The summed E-state index contributed by atoms with van der Waals surface area (Å²) in [7, 11) is 3.09. The Morgan fingerprint density at radius 3 is 3.04 bits per heavy atom. The normalized spacial score (nSPS) is 13.0. The van der Waals surface area contributed by atoms with Crippen LogP contribution in [-0.2, 0) is 24.3 Å². The molecule has 1 aliphatic rings. The van der Waals surface area contributed by atoms with E-state index in [1.807, 2.05) is 10.9 Å². The monoisotopic (exact) mass is 346 g/mol. The van der Waals surface area contributed by atoms with E-state index in [1.165, 1.54) is 12.8 Å². The van der Waals surface area contributed by atoms with Gasteiger partial charge in [0.1, 0.15) is 0 Å². The summed E-state index contributed by atoms with van der Waals surface area (Å²) < 4.78 is 17.8. The van der Waals surface area contributed by atoms with E-state index in [1.54, 1.807) is 25.3 Å². The third kappa shape index (κ3) is 3.85. The van der Waals surface area contributed by atoms with Crippen molar-refractivity contribution in [3.8, 4) is 11.5 Å². The lowest BCUT2D eigenvalue weighted by atomic mass is 10.2. The molecule has 8 nitrogen and oxygen atoms in total. The molecule has 8 heteroatoms. The SMILES string of the molecule is COc1cccc(NC(=O)NCCn2ncc3c2CCOC3)c1OC. The molecule has 0 fully saturated rings. The maximum atomic E-state index is 12.1. The van der Waals surface area contributed by atoms with Gasteiger partial charge in [-0.3, -0.25) is 4.68 Å². The first-order valence-electron chi connectivity index (χ1n) is 8.10. The predicted molar refractivity (Wildman–Crippen MR) is 92.2 cm³/mol. The number of carbonyl (C=O) groups is 1. The number of urea groups is 1. The summed E-state index contributed by atoms with van der Waals surface area (Å²) >= 11 is 0. The number of hydrogen-bond acceptors (Lipinski definition) is 5. The quantitative estimate of drug-likeness (QED) is 0.833. The van der Waals surface area contributed by atoms with Gasteiger partial charge in [0.05, 0.1) is 45.9 Å². The number of benzene rings is 1. The number of nitrogens with zero attached hydrogens (tertiary/aromatic N) is 2. The molecule has 2 amide bonds. The average molecular weight is 346 g/mol. The number of fused-ring (bicyclic) bond motifs is 1. The zero-order chi connectivity index (χ0) is 17.6. The van der Waals surface area contributed by atoms with Crippen molar-refractivity contribution in [2.24, 2.45) is 0 Å². The van der Waals surface area contributed by atoms with Gasteiger partial charge in [-0.1, -0.05) is 6.07 Å². The Hall–Kier alpha value is -2.74. The van der Waals surface area contributed by atoms with Crippen LogP contribution in [0.5, 0.6) is 11.5 Å². The molecule has 1 aliphatic heterocycles. The number of nitrogens with one attached hydrogen (secondary N) is 2. The third-order valence-corrected chi connectivity index (χ3v) is 4.04. The molecule has 0 aliphatic carbocycles. The Morgan fingerprint density at radius 2 is 2.24 bits per heavy atom. The van der Waals surface area contributed by atoms with Gasteiger partial charge >= 0.3 is 6.03 Å². The molecule has 0 bridgehead atoms. The van der Waals surface area contributed by atoms with Crippen LogP contribution in [0.15, 0.2) is 24.4 Å². The molecular weight excluding hydrogens is 324 g/mol. The molecule has 0 atom stereocenters. The highest BCUT2D eigenvalue weighted by molar-refractivity contribution is 5.91. The number of amides is 2. The van der Waals surface area contributed by atoms with Crippen LogP contribution in [0.1, 0.15) is 11.3 Å². The van der Waals surface area contributed by atoms with E-state index in [0.717, 1.165) is 12.0 Å². The minimum atomic E-state index is -0.309. The molecule has 2 N–H and O–H groups in total. The number of rotatable bonds is 6. The van der Waals surface area contributed by atoms with Crippen molar-refractivity contribution in [2.45, 2.75) is 19.6 Å². The van der Waals surface area contributed by atoms with Crippen molar-refractivity contribution >= 4 is 11.7 Å². The standard InChI is InChI=1S/C17H22N4O4/c1-23-15-5-3-4-13(16(15)24-2)20-17(22)18-7-8-21-14-6-9-25-11-12(14)10-19-21/h3-5,10H,6-9,11H2,1-2H3,(H2,18,20,22). The lowest BCUT2D eigenvalue weighted by molar-refractivity contribution is 0.109. The summed E-state index contributed by atoms with van der Waals surface area (Å²) in [4.78, 5) is 12.1. The van der Waals surface area contributed by atoms with Crippen molar-refractivity contribution in [3.05, 3.63) is 35.7 Å². The van der Waals surface area contributed by atoms with Gasteiger partial charge < -0.3 is 24.8 Å². The van der Waals surface area contributed by atoms with Gasteiger partial charge in [0.15, 0.2) is 11.5 Å². The second kappa shape index (κ2) is 7.89. The number of methoxy groups -OCH3 is 2. The van der Waals surface area contributed by atoms with Crippen LogP contribution in [0.25, 0.3) is 0 Å². The van der Waals surface area contributed by atoms with E-state index in [2.05, 4.69) is 15.7 Å². The molecule has 0 unspecified atom stereocenters. The van der Waals surface area contributed by atoms with E-state index in [4.69, 9.17) is 14.2 Å². The summed E-state index contributed by atoms with van der Waals surface area (Å²) in [6.45, 7) is 2.40. The fraction of sp³-hybridized carbons (Fsp3) is 0.412. The highest BCUT2D eigenvalue weighted by atomic mass is 16.5. The molecule has 1 aromatic carbocycles. The molecule has 134 valence electrons. The molecule has 0 saturated heterocycles. The Bertz CT molecular complexity index is 744. The van der Waals surface area contributed by atoms with E-state index < -0.39 is 0 Å². The summed E-state index contributed by atoms with van der Waals surface area (Å²) in [6, 6.07) is 5.00. The summed E-state index contributed by atoms with van der Waals surface area (Å²) in [5.41, 5.74) is 2.85. The fourth-order valence-electron chi connectivity index (χ4n) is 2.83. The average Bonchev–Trinajstić information content (AvgIpc) is 3.04. The molecule has 25 heavy (non-hydrogen) atoms. The van der Waals surface area contributed by atoms with Crippen molar-refractivity contribution in [1.29, 1.82) is 0 Å². The van der Waals surface area contributed by atoms with Crippen LogP contribution in [0, 0.1) is 0 Å². The van der Waals surface area contributed by atoms with Crippen molar-refractivity contribution < 1.29 is 19.0 Å². The van der Waals surface area contributed by atoms with Gasteiger partial charge in [-0.15, -0.1) is 0 Å². The maximum absolute atomic E-state index is 12.1. The number of carbonyl (C=O) groups excluding carboxylic acids is 1. The minimum absolute atomic E-state index is 0.309. The lowest BCUT2D eigenvalue weighted by Gasteiger charge is -2.15. The second-order valence-electron chi connectivity index (χ2n) is 5.56. The maximum Gasteiger partial charge on any atom is 0.319 e. The zero-order valence-corrected chi connectivity index (χ0v) is 14.4. The number of anilines is 1. The topological polar surface area (TPSA) is 86.6 Å². The van der Waals surface area contributed by atoms with Crippen molar-refractivity contribution in [2.75, 3.05) is 32.7 Å². The molecule has 2 aromatic rings. The smallest absolute Gasteiger partial charge is 0.319 e. The van der Waals surface area contributed by atoms with Crippen molar-refractivity contribution in [1.82, 2.24) is 15.1 Å². The first kappa shape index (κ1) is 17.1. The second-order valence-corrected chi connectivity index (χ2v) is 5.56. The minimum Gasteiger partial charge on any atom is -0.493 e. The third-order valence-electron chi connectivity index (χ3n) is 4.04. The number of aromatic nitrogens is 2. The van der Waals surface area contributed by atoms with Gasteiger partial charge in [-0.25, -0.2) is 4.79 Å². The predicted octanol–water partition coefficient (Wildman–Crippen LogP) is 1.79. The van der Waals surface area contributed by atoms with E-state index in [9.17, 15) is 4.79 Å². The molecular formula is C17H22N4O4. The van der Waals surface area contributed by atoms with Gasteiger partial charge in [0, 0.05) is 24.2 Å². The molecule has 3 rings (SSSR count). The summed E-state index contributed by atoms with van der Waals surface area (Å²) in [5, 5.41) is 9.96. The highest BCUT2D eigenvalue weighted by Crippen LogP contribution is 2.34. The Balaban J connectivity index is 1.54. The van der Waals surface area contributed by atoms with Crippen LogP contribution in [0.3, 0.4) is 0 Å². The summed E-state index contributed by atoms with van der Waals surface area (Å²) in [6.07, 6.45) is 2.68. The van der Waals surface area contributed by atoms with Gasteiger partial charge in [0.2, 0.25) is 0 Å². The van der Waals surface area contributed by atoms with Gasteiger partial charge in [-0.05, 0) is 12.1 Å². The van der Waals surface area contributed by atoms with Crippen LogP contribution >= 0.6 is 0 Å². The van der Waals surface area contributed by atoms with Gasteiger partial charge in [-0.2, -0.15) is 5.10 Å². The number of hydrogen-bond donors (Lipinski definition) is 2. The van der Waals surface area contributed by atoms with Crippen LogP contribution < -0.4 is 20.1 Å². The molecule has 1 aromatic heterocycles. The Labute approximate surface area is 146 Å². The highest BCUT2D eigenvalue weighted by Gasteiger charge is 2.15. The first-order valence-corrected chi connectivity index (χ1v) is 8.10. The van der Waals surface area contributed by atoms with E-state index in [0.29, 0.717) is 43.5 Å². The molecule has 0 radical (unpaired) electrons. The van der Waals surface area contributed by atoms with Crippen molar-refractivity contribution in [3.63, 3.8) is 0 Å². The fourth-order valence-corrected chi connectivity index (χ4v) is 2.83. The van der Waals surface area contributed by atoms with Gasteiger partial charge in [0.25, 0.3) is 0 Å². The van der Waals surface area contributed by atoms with Crippen LogP contribution in [0.4, 0.5) is 10.5 Å². The number of ether oxygens (including phenoxy) is 3. The Kier molecular flexibility index (Phi) is 5.39. The largest absolute Gasteiger partial charge is 0.493 e. The lowest BCUT2D eigenvalue weighted by Crippen LogP contribution is -2.32. The number of para-hydroxylation sites is 1. The van der Waals surface area contributed by atoms with E-state index in [-0.39, 0.29) is 6.03 Å². The van der Waals surface area contributed by atoms with Crippen LogP contribution in [0.2, 0.25) is 0 Å². The molecule has 0 spiro atoms. The molecule has 2 heterocycles. The van der Waals surface area contributed by atoms with E-state index >= 15 is 0 Å². The Morgan fingerprint density at radius 1 is 1.36 bits per heavy atom.